The molecule has 26 heavy (non-hydrogen) atoms. The fraction of sp³-hybridized carbons (Fsp3) is 0.333. The summed E-state index contributed by atoms with van der Waals surface area (Å²) >= 11 is 0. The number of carbonyl (C=O) groups is 1. The highest BCUT2D eigenvalue weighted by molar-refractivity contribution is 5.83. The smallest absolute Gasteiger partial charge is 0.361 e. The molecule has 1 aromatic carbocycles. The number of fused-ring (bicyclic) bond motifs is 1. The topological polar surface area (TPSA) is 106 Å². The van der Waals surface area contributed by atoms with Gasteiger partial charge in [-0.1, -0.05) is 18.2 Å². The van der Waals surface area contributed by atoms with Crippen molar-refractivity contribution < 1.29 is 9.72 Å². The van der Waals surface area contributed by atoms with Gasteiger partial charge in [0, 0.05) is 30.1 Å². The van der Waals surface area contributed by atoms with Gasteiger partial charge < -0.3 is 20.4 Å². The molecule has 2 heterocycles. The highest BCUT2D eigenvalue weighted by Gasteiger charge is 2.15. The Kier molecular flexibility index (Phi) is 5.31. The standard InChI is InChI=1S/C18H21N5O3/c1-13-11-17(23(25)26)21-22(13)10-9-19-18(24)8-4-5-14-12-20-16-7-3-2-6-15(14)16/h2-3,6-7,11-12,20H,4-5,8-10H2,1H3,(H,19,24). The van der Waals surface area contributed by atoms with Gasteiger partial charge in [0.1, 0.15) is 0 Å². The zero-order valence-electron chi connectivity index (χ0n) is 14.6. The Bertz CT molecular complexity index is 928. The van der Waals surface area contributed by atoms with Crippen molar-refractivity contribution in [2.24, 2.45) is 0 Å². The van der Waals surface area contributed by atoms with E-state index in [0.717, 1.165) is 18.4 Å². The predicted molar refractivity (Wildman–Crippen MR) is 97.9 cm³/mol. The summed E-state index contributed by atoms with van der Waals surface area (Å²) in [5, 5.41) is 18.6. The van der Waals surface area contributed by atoms with Gasteiger partial charge in [-0.3, -0.25) is 4.79 Å². The van der Waals surface area contributed by atoms with Crippen molar-refractivity contribution in [1.29, 1.82) is 0 Å². The van der Waals surface area contributed by atoms with Crippen LogP contribution in [0.3, 0.4) is 0 Å². The highest BCUT2D eigenvalue weighted by atomic mass is 16.6. The minimum absolute atomic E-state index is 0.0239. The summed E-state index contributed by atoms with van der Waals surface area (Å²) < 4.78 is 1.53. The van der Waals surface area contributed by atoms with Crippen LogP contribution in [-0.2, 0) is 17.8 Å². The van der Waals surface area contributed by atoms with Crippen LogP contribution in [0, 0.1) is 17.0 Å². The van der Waals surface area contributed by atoms with Crippen LogP contribution < -0.4 is 5.32 Å². The van der Waals surface area contributed by atoms with E-state index >= 15 is 0 Å². The molecule has 1 amide bonds. The van der Waals surface area contributed by atoms with E-state index in [9.17, 15) is 14.9 Å². The Morgan fingerprint density at radius 3 is 2.96 bits per heavy atom. The molecule has 0 bridgehead atoms. The van der Waals surface area contributed by atoms with Crippen LogP contribution in [0.2, 0.25) is 0 Å². The summed E-state index contributed by atoms with van der Waals surface area (Å²) in [6, 6.07) is 9.53. The van der Waals surface area contributed by atoms with Gasteiger partial charge in [-0.05, 0) is 36.3 Å². The summed E-state index contributed by atoms with van der Waals surface area (Å²) in [4.78, 5) is 25.4. The number of aromatic nitrogens is 3. The van der Waals surface area contributed by atoms with Crippen molar-refractivity contribution >= 4 is 22.6 Å². The van der Waals surface area contributed by atoms with Crippen molar-refractivity contribution in [3.63, 3.8) is 0 Å². The molecule has 3 aromatic rings. The minimum Gasteiger partial charge on any atom is -0.361 e. The van der Waals surface area contributed by atoms with Gasteiger partial charge >= 0.3 is 5.82 Å². The maximum absolute atomic E-state index is 12.0. The van der Waals surface area contributed by atoms with Crippen molar-refractivity contribution in [3.8, 4) is 0 Å². The van der Waals surface area contributed by atoms with E-state index in [2.05, 4.69) is 21.5 Å². The number of nitrogens with one attached hydrogen (secondary N) is 2. The van der Waals surface area contributed by atoms with Crippen LogP contribution in [0.1, 0.15) is 24.1 Å². The van der Waals surface area contributed by atoms with Gasteiger partial charge in [0.25, 0.3) is 0 Å². The summed E-state index contributed by atoms with van der Waals surface area (Å²) in [7, 11) is 0. The van der Waals surface area contributed by atoms with E-state index < -0.39 is 4.92 Å². The van der Waals surface area contributed by atoms with Crippen LogP contribution >= 0.6 is 0 Å². The fourth-order valence-corrected chi connectivity index (χ4v) is 2.98. The first kappa shape index (κ1) is 17.7. The van der Waals surface area contributed by atoms with Gasteiger partial charge in [0.15, 0.2) is 0 Å². The van der Waals surface area contributed by atoms with E-state index in [4.69, 9.17) is 0 Å². The van der Waals surface area contributed by atoms with Crippen LogP contribution in [0.4, 0.5) is 5.82 Å². The molecule has 0 saturated heterocycles. The molecule has 8 nitrogen and oxygen atoms in total. The third-order valence-corrected chi connectivity index (χ3v) is 4.33. The number of aromatic amines is 1. The lowest BCUT2D eigenvalue weighted by molar-refractivity contribution is -0.389. The molecule has 0 radical (unpaired) electrons. The summed E-state index contributed by atoms with van der Waals surface area (Å²) in [5.74, 6) is -0.197. The first-order valence-electron chi connectivity index (χ1n) is 8.55. The fourth-order valence-electron chi connectivity index (χ4n) is 2.98. The van der Waals surface area contributed by atoms with Gasteiger partial charge in [0.2, 0.25) is 5.91 Å². The van der Waals surface area contributed by atoms with E-state index in [1.54, 1.807) is 6.92 Å². The summed E-state index contributed by atoms with van der Waals surface area (Å²) in [6.07, 6.45) is 4.04. The molecular weight excluding hydrogens is 334 g/mol. The maximum Gasteiger partial charge on any atom is 0.390 e. The largest absolute Gasteiger partial charge is 0.390 e. The molecule has 0 aliphatic rings. The van der Waals surface area contributed by atoms with E-state index in [1.807, 2.05) is 24.4 Å². The Morgan fingerprint density at radius 1 is 1.38 bits per heavy atom. The number of aryl methyl sites for hydroxylation is 2. The SMILES string of the molecule is Cc1cc([N+](=O)[O-])nn1CCNC(=O)CCCc1c[nH]c2ccccc12. The van der Waals surface area contributed by atoms with Gasteiger partial charge in [-0.15, -0.1) is 0 Å². The molecule has 0 unspecified atom stereocenters. The predicted octanol–water partition coefficient (Wildman–Crippen LogP) is 2.72. The van der Waals surface area contributed by atoms with Crippen LogP contribution in [-0.4, -0.2) is 32.1 Å². The van der Waals surface area contributed by atoms with Crippen LogP contribution in [0.25, 0.3) is 10.9 Å². The number of para-hydroxylation sites is 1. The van der Waals surface area contributed by atoms with Gasteiger partial charge in [-0.2, -0.15) is 4.68 Å². The van der Waals surface area contributed by atoms with E-state index in [-0.39, 0.29) is 11.7 Å². The first-order chi connectivity index (χ1) is 12.5. The highest BCUT2D eigenvalue weighted by Crippen LogP contribution is 2.19. The lowest BCUT2D eigenvalue weighted by Crippen LogP contribution is -2.27. The van der Waals surface area contributed by atoms with Crippen molar-refractivity contribution in [2.45, 2.75) is 32.7 Å². The minimum atomic E-state index is -0.521. The van der Waals surface area contributed by atoms with Crippen LogP contribution in [0.15, 0.2) is 36.5 Å². The molecule has 0 saturated carbocycles. The number of carbonyl (C=O) groups excluding carboxylic acids is 1. The summed E-state index contributed by atoms with van der Waals surface area (Å²) in [5.41, 5.74) is 3.02. The Hall–Kier alpha value is -3.16. The quantitative estimate of drug-likeness (QED) is 0.478. The number of amides is 1. The third kappa shape index (κ3) is 4.08. The number of nitrogens with zero attached hydrogens (tertiary/aromatic N) is 3. The number of benzene rings is 1. The van der Waals surface area contributed by atoms with Crippen LogP contribution in [0.5, 0.6) is 0 Å². The second-order valence-electron chi connectivity index (χ2n) is 6.19. The lowest BCUT2D eigenvalue weighted by Gasteiger charge is -2.05. The molecule has 2 N–H and O–H groups in total. The second-order valence-corrected chi connectivity index (χ2v) is 6.19. The number of rotatable bonds is 8. The molecule has 2 aromatic heterocycles. The Labute approximate surface area is 150 Å². The second kappa shape index (κ2) is 7.81. The molecule has 136 valence electrons. The number of hydrogen-bond donors (Lipinski definition) is 2. The summed E-state index contributed by atoms with van der Waals surface area (Å²) in [6.45, 7) is 2.56. The lowest BCUT2D eigenvalue weighted by atomic mass is 10.1. The number of H-pyrrole nitrogens is 1. The molecule has 0 atom stereocenters. The molecule has 0 fully saturated rings. The normalized spacial score (nSPS) is 11.0. The average Bonchev–Trinajstić information content (AvgIpc) is 3.19. The average molecular weight is 355 g/mol. The van der Waals surface area contributed by atoms with Gasteiger partial charge in [0.05, 0.1) is 23.4 Å². The van der Waals surface area contributed by atoms with Gasteiger partial charge in [-0.25, -0.2) is 0 Å². The zero-order valence-corrected chi connectivity index (χ0v) is 14.6. The van der Waals surface area contributed by atoms with Crippen molar-refractivity contribution in [1.82, 2.24) is 20.1 Å². The maximum atomic E-state index is 12.0. The first-order valence-corrected chi connectivity index (χ1v) is 8.55. The molecular formula is C18H21N5O3. The monoisotopic (exact) mass is 355 g/mol. The Balaban J connectivity index is 1.41. The third-order valence-electron chi connectivity index (χ3n) is 4.33. The van der Waals surface area contributed by atoms with Crippen molar-refractivity contribution in [3.05, 3.63) is 57.9 Å². The van der Waals surface area contributed by atoms with E-state index in [0.29, 0.717) is 25.2 Å². The number of nitro groups is 1. The van der Waals surface area contributed by atoms with E-state index in [1.165, 1.54) is 21.7 Å². The zero-order chi connectivity index (χ0) is 18.5. The molecule has 0 aliphatic carbocycles. The molecule has 8 heteroatoms. The number of hydrogen-bond acceptors (Lipinski definition) is 4. The molecule has 0 spiro atoms. The molecule has 0 aliphatic heterocycles. The Morgan fingerprint density at radius 2 is 2.19 bits per heavy atom. The van der Waals surface area contributed by atoms with Crippen molar-refractivity contribution in [2.75, 3.05) is 6.54 Å². The molecule has 3 rings (SSSR count).